The number of alkyl halides is 6. The average Bonchev–Trinajstić information content (AvgIpc) is 3.74. The van der Waals surface area contributed by atoms with Crippen LogP contribution in [0.25, 0.3) is 0 Å². The van der Waals surface area contributed by atoms with E-state index in [2.05, 4.69) is 15.3 Å². The molecule has 3 N–H and O–H groups in total. The van der Waals surface area contributed by atoms with Gasteiger partial charge in [-0.1, -0.05) is 27.7 Å². The van der Waals surface area contributed by atoms with Crippen LogP contribution in [0.4, 0.5) is 31.1 Å². The molecule has 4 atom stereocenters. The molecular weight excluding hydrogens is 754 g/mol. The molecule has 2 fully saturated rings. The van der Waals surface area contributed by atoms with Crippen molar-refractivity contribution < 1.29 is 45.5 Å². The SMILES string of the molecule is CC(C)[C@]1(C(=O)N2CCc3ncc(C(F)(F)F)cc3C2)CC[C@@H](N)C1.CC(C)[C@]1(C(=O)N2CCc3ncc(C(F)(F)F)cc3C2)CC[C@@H](NC(=O)OC(C)(C)C)C1. The van der Waals surface area contributed by atoms with Crippen LogP contribution in [0.3, 0.4) is 0 Å². The largest absolute Gasteiger partial charge is 0.444 e. The first-order chi connectivity index (χ1) is 26.3. The summed E-state index contributed by atoms with van der Waals surface area (Å²) in [5.74, 6) is 0.124. The van der Waals surface area contributed by atoms with Gasteiger partial charge >= 0.3 is 18.4 Å². The smallest absolute Gasteiger partial charge is 0.417 e. The lowest BCUT2D eigenvalue weighted by molar-refractivity contribution is -0.146. The molecule has 4 heterocycles. The van der Waals surface area contributed by atoms with Crippen molar-refractivity contribution in [3.05, 3.63) is 58.2 Å². The molecule has 0 saturated heterocycles. The molecular formula is C41H56F6N6O4. The molecule has 3 amide bonds. The van der Waals surface area contributed by atoms with E-state index in [1.54, 1.807) is 30.6 Å². The Kier molecular flexibility index (Phi) is 12.7. The van der Waals surface area contributed by atoms with Gasteiger partial charge in [-0.2, -0.15) is 26.3 Å². The number of hydrogen-bond donors (Lipinski definition) is 2. The van der Waals surface area contributed by atoms with E-state index in [0.29, 0.717) is 74.1 Å². The number of rotatable bonds is 5. The van der Waals surface area contributed by atoms with Crippen LogP contribution in [0.2, 0.25) is 0 Å². The zero-order valence-electron chi connectivity index (χ0n) is 33.9. The Morgan fingerprint density at radius 2 is 1.21 bits per heavy atom. The van der Waals surface area contributed by atoms with E-state index in [4.69, 9.17) is 10.5 Å². The normalized spacial score (nSPS) is 25.1. The highest BCUT2D eigenvalue weighted by Gasteiger charge is 2.51. The Hall–Kier alpha value is -3.95. The van der Waals surface area contributed by atoms with Gasteiger partial charge in [-0.3, -0.25) is 19.6 Å². The number of hydrogen-bond acceptors (Lipinski definition) is 7. The number of halogens is 6. The van der Waals surface area contributed by atoms with Crippen molar-refractivity contribution in [2.45, 2.75) is 143 Å². The zero-order chi connectivity index (χ0) is 42.3. The summed E-state index contributed by atoms with van der Waals surface area (Å²) >= 11 is 0. The van der Waals surface area contributed by atoms with Crippen molar-refractivity contribution in [2.24, 2.45) is 28.4 Å². The van der Waals surface area contributed by atoms with Crippen molar-refractivity contribution in [1.29, 1.82) is 0 Å². The van der Waals surface area contributed by atoms with Gasteiger partial charge in [0.2, 0.25) is 11.8 Å². The van der Waals surface area contributed by atoms with Gasteiger partial charge in [-0.15, -0.1) is 0 Å². The highest BCUT2D eigenvalue weighted by molar-refractivity contribution is 5.84. The van der Waals surface area contributed by atoms with E-state index in [1.807, 2.05) is 27.7 Å². The molecule has 0 aromatic carbocycles. The first-order valence-corrected chi connectivity index (χ1v) is 19.8. The third-order valence-electron chi connectivity index (χ3n) is 12.2. The highest BCUT2D eigenvalue weighted by Crippen LogP contribution is 2.48. The van der Waals surface area contributed by atoms with Crippen molar-refractivity contribution >= 4 is 17.9 Å². The molecule has 57 heavy (non-hydrogen) atoms. The standard InChI is InChI=1S/C23H32F3N3O3.C18H24F3N3O/c1-14(2)22(8-6-17(11-22)28-20(31)32-21(3,4)5)19(30)29-9-7-18-15(13-29)10-16(12-27-18)23(24,25)26;1-11(2)17(5-3-14(22)8-17)16(25)24-6-4-15-12(10-24)7-13(9-23-15)18(19,20)21/h10,12,14,17H,6-9,11,13H2,1-5H3,(H,28,31);7,9,11,14H,3-6,8,10,22H2,1-2H3/t17-,22+;14-,17+/m11/s1. The number of carbonyl (C=O) groups excluding carboxylic acids is 3. The van der Waals surface area contributed by atoms with Crippen LogP contribution < -0.4 is 11.1 Å². The van der Waals surface area contributed by atoms with Gasteiger partial charge in [0.15, 0.2) is 0 Å². The fourth-order valence-corrected chi connectivity index (χ4v) is 8.86. The van der Waals surface area contributed by atoms with Gasteiger partial charge in [-0.25, -0.2) is 4.79 Å². The summed E-state index contributed by atoms with van der Waals surface area (Å²) in [7, 11) is 0. The number of nitrogens with one attached hydrogen (secondary N) is 1. The van der Waals surface area contributed by atoms with Gasteiger partial charge < -0.3 is 25.6 Å². The third-order valence-corrected chi connectivity index (χ3v) is 12.2. The van der Waals surface area contributed by atoms with Crippen molar-refractivity contribution in [3.8, 4) is 0 Å². The number of nitrogens with zero attached hydrogens (tertiary/aromatic N) is 4. The molecule has 0 unspecified atom stereocenters. The second kappa shape index (κ2) is 16.4. The minimum absolute atomic E-state index is 0.0152. The predicted molar refractivity (Wildman–Crippen MR) is 200 cm³/mol. The summed E-state index contributed by atoms with van der Waals surface area (Å²) in [5.41, 5.74) is 4.91. The molecule has 6 rings (SSSR count). The lowest BCUT2D eigenvalue weighted by Gasteiger charge is -2.39. The summed E-state index contributed by atoms with van der Waals surface area (Å²) in [5, 5.41) is 2.88. The number of ether oxygens (including phenoxy) is 1. The lowest BCUT2D eigenvalue weighted by atomic mass is 9.74. The molecule has 2 aliphatic heterocycles. The van der Waals surface area contributed by atoms with E-state index >= 15 is 0 Å². The molecule has 4 aliphatic rings. The van der Waals surface area contributed by atoms with E-state index in [-0.39, 0.29) is 48.8 Å². The maximum absolute atomic E-state index is 13.7. The Bertz CT molecular complexity index is 1810. The minimum atomic E-state index is -4.47. The number of amides is 3. The number of nitrogens with two attached hydrogens (primary N) is 1. The molecule has 316 valence electrons. The van der Waals surface area contributed by atoms with E-state index in [0.717, 1.165) is 37.4 Å². The summed E-state index contributed by atoms with van der Waals surface area (Å²) in [6.07, 6.45) is -2.83. The molecule has 0 spiro atoms. The van der Waals surface area contributed by atoms with Crippen LogP contribution in [0.15, 0.2) is 24.5 Å². The van der Waals surface area contributed by atoms with E-state index < -0.39 is 46.0 Å². The Morgan fingerprint density at radius 1 is 0.772 bits per heavy atom. The molecule has 0 bridgehead atoms. The van der Waals surface area contributed by atoms with Gasteiger partial charge in [0, 0.05) is 74.9 Å². The highest BCUT2D eigenvalue weighted by atomic mass is 19.4. The van der Waals surface area contributed by atoms with Gasteiger partial charge in [0.1, 0.15) is 5.60 Å². The van der Waals surface area contributed by atoms with Crippen molar-refractivity contribution in [1.82, 2.24) is 25.1 Å². The zero-order valence-corrected chi connectivity index (χ0v) is 33.9. The van der Waals surface area contributed by atoms with Crippen LogP contribution >= 0.6 is 0 Å². The second-order valence-electron chi connectivity index (χ2n) is 17.8. The van der Waals surface area contributed by atoms with E-state index in [9.17, 15) is 40.7 Å². The number of fused-ring (bicyclic) bond motifs is 2. The second-order valence-corrected chi connectivity index (χ2v) is 17.8. The lowest BCUT2D eigenvalue weighted by Crippen LogP contribution is -2.48. The summed E-state index contributed by atoms with van der Waals surface area (Å²) in [6, 6.07) is 2.06. The molecule has 10 nitrogen and oxygen atoms in total. The van der Waals surface area contributed by atoms with Crippen LogP contribution in [0, 0.1) is 22.7 Å². The molecule has 16 heteroatoms. The number of alkyl carbamates (subject to hydrolysis) is 1. The third kappa shape index (κ3) is 9.85. The minimum Gasteiger partial charge on any atom is -0.444 e. The maximum atomic E-state index is 13.7. The fourth-order valence-electron chi connectivity index (χ4n) is 8.86. The molecule has 2 aromatic rings. The summed E-state index contributed by atoms with van der Waals surface area (Å²) in [4.78, 5) is 50.4. The van der Waals surface area contributed by atoms with Crippen LogP contribution in [0.5, 0.6) is 0 Å². The fraction of sp³-hybridized carbons (Fsp3) is 0.683. The maximum Gasteiger partial charge on any atom is 0.417 e. The van der Waals surface area contributed by atoms with Crippen LogP contribution in [0.1, 0.15) is 121 Å². The molecule has 2 saturated carbocycles. The number of carbonyl (C=O) groups is 3. The molecule has 2 aliphatic carbocycles. The Labute approximate surface area is 330 Å². The topological polar surface area (TPSA) is 131 Å². The van der Waals surface area contributed by atoms with Gasteiger partial charge in [0.25, 0.3) is 0 Å². The Balaban J connectivity index is 0.000000224. The Morgan fingerprint density at radius 3 is 1.60 bits per heavy atom. The predicted octanol–water partition coefficient (Wildman–Crippen LogP) is 7.84. The summed E-state index contributed by atoms with van der Waals surface area (Å²) in [6.45, 7) is 14.6. The average molecular weight is 811 g/mol. The van der Waals surface area contributed by atoms with Crippen molar-refractivity contribution in [3.63, 3.8) is 0 Å². The van der Waals surface area contributed by atoms with Crippen LogP contribution in [-0.2, 0) is 52.6 Å². The molecule has 0 radical (unpaired) electrons. The quantitative estimate of drug-likeness (QED) is 0.295. The van der Waals surface area contributed by atoms with E-state index in [1.165, 1.54) is 0 Å². The van der Waals surface area contributed by atoms with Gasteiger partial charge in [0.05, 0.1) is 22.0 Å². The first-order valence-electron chi connectivity index (χ1n) is 19.8. The molecule has 2 aromatic heterocycles. The first kappa shape index (κ1) is 44.2. The summed E-state index contributed by atoms with van der Waals surface area (Å²) < 4.78 is 83.5. The number of pyridine rings is 2. The number of aromatic nitrogens is 2. The monoisotopic (exact) mass is 810 g/mol. The van der Waals surface area contributed by atoms with Crippen LogP contribution in [-0.4, -0.2) is 68.4 Å². The van der Waals surface area contributed by atoms with Gasteiger partial charge in [-0.05, 0) is 94.4 Å². The van der Waals surface area contributed by atoms with Crippen molar-refractivity contribution in [2.75, 3.05) is 13.1 Å².